The van der Waals surface area contributed by atoms with Crippen molar-refractivity contribution in [1.82, 2.24) is 15.7 Å². The molecule has 1 aromatic rings. The van der Waals surface area contributed by atoms with Gasteiger partial charge < -0.3 is 10.4 Å². The van der Waals surface area contributed by atoms with Crippen molar-refractivity contribution in [1.29, 1.82) is 0 Å². The molecular weight excluding hydrogens is 372 g/mol. The second-order valence-electron chi connectivity index (χ2n) is 6.21. The minimum atomic E-state index is -3.33. The zero-order valence-corrected chi connectivity index (χ0v) is 15.6. The van der Waals surface area contributed by atoms with E-state index in [2.05, 4.69) is 29.9 Å². The SMILES string of the molecule is C=C.CN1CC1C#Cc1ccc(C(=O)N[C@H](C(=O)NO)[C@](C)(O)C(F)F)cc1. The lowest BCUT2D eigenvalue weighted by atomic mass is 9.95. The highest BCUT2D eigenvalue weighted by Crippen LogP contribution is 2.20. The number of aliphatic hydroxyl groups is 1. The van der Waals surface area contributed by atoms with E-state index in [0.717, 1.165) is 12.0 Å². The predicted molar refractivity (Wildman–Crippen MR) is 98.8 cm³/mol. The number of likely N-dealkylation sites (N-methyl/N-ethyl adjacent to an activating group) is 1. The summed E-state index contributed by atoms with van der Waals surface area (Å²) in [5.41, 5.74) is -0.956. The van der Waals surface area contributed by atoms with E-state index >= 15 is 0 Å². The van der Waals surface area contributed by atoms with E-state index in [1.54, 1.807) is 12.1 Å². The fraction of sp³-hybridized carbons (Fsp3) is 0.368. The Morgan fingerprint density at radius 2 is 1.86 bits per heavy atom. The molecular formula is C19H23F2N3O4. The Labute approximate surface area is 162 Å². The Bertz CT molecular complexity index is 757. The van der Waals surface area contributed by atoms with Crippen LogP contribution in [0.2, 0.25) is 0 Å². The van der Waals surface area contributed by atoms with Crippen LogP contribution < -0.4 is 10.8 Å². The highest BCUT2D eigenvalue weighted by Gasteiger charge is 2.46. The van der Waals surface area contributed by atoms with Crippen molar-refractivity contribution < 1.29 is 28.7 Å². The van der Waals surface area contributed by atoms with Gasteiger partial charge >= 0.3 is 0 Å². The second-order valence-corrected chi connectivity index (χ2v) is 6.21. The molecule has 1 aliphatic rings. The third kappa shape index (κ3) is 5.85. The topological polar surface area (TPSA) is 102 Å². The second kappa shape index (κ2) is 9.94. The van der Waals surface area contributed by atoms with Gasteiger partial charge in [0.05, 0.1) is 6.04 Å². The fourth-order valence-corrected chi connectivity index (χ4v) is 2.14. The van der Waals surface area contributed by atoms with Crippen LogP contribution in [0.3, 0.4) is 0 Å². The molecule has 2 amide bonds. The molecule has 4 N–H and O–H groups in total. The van der Waals surface area contributed by atoms with Crippen LogP contribution in [0.4, 0.5) is 8.78 Å². The van der Waals surface area contributed by atoms with E-state index in [0.29, 0.717) is 12.5 Å². The first-order chi connectivity index (χ1) is 13.2. The molecule has 0 radical (unpaired) electrons. The number of hydrogen-bond donors (Lipinski definition) is 4. The number of hydroxylamine groups is 1. The van der Waals surface area contributed by atoms with Gasteiger partial charge in [-0.3, -0.25) is 19.7 Å². The lowest BCUT2D eigenvalue weighted by Gasteiger charge is -2.30. The molecule has 9 heteroatoms. The molecule has 4 atom stereocenters. The van der Waals surface area contributed by atoms with Gasteiger partial charge in [0.15, 0.2) is 5.60 Å². The number of alkyl halides is 2. The number of carbonyl (C=O) groups excluding carboxylic acids is 2. The zero-order valence-electron chi connectivity index (χ0n) is 15.6. The van der Waals surface area contributed by atoms with Crippen molar-refractivity contribution in [3.05, 3.63) is 48.6 Å². The Hall–Kier alpha value is -2.80. The normalized spacial score (nSPS) is 20.4. The maximum atomic E-state index is 13.0. The van der Waals surface area contributed by atoms with Gasteiger partial charge in [0.1, 0.15) is 6.04 Å². The van der Waals surface area contributed by atoms with Crippen LogP contribution in [0.1, 0.15) is 22.8 Å². The third-order valence-corrected chi connectivity index (χ3v) is 4.06. The van der Waals surface area contributed by atoms with Crippen molar-refractivity contribution in [3.63, 3.8) is 0 Å². The van der Waals surface area contributed by atoms with Gasteiger partial charge in [-0.15, -0.1) is 13.2 Å². The molecule has 0 bridgehead atoms. The monoisotopic (exact) mass is 395 g/mol. The molecule has 1 aromatic carbocycles. The molecule has 28 heavy (non-hydrogen) atoms. The summed E-state index contributed by atoms with van der Waals surface area (Å²) in [6.45, 7) is 7.59. The van der Waals surface area contributed by atoms with Gasteiger partial charge in [0.2, 0.25) is 0 Å². The zero-order chi connectivity index (χ0) is 21.5. The van der Waals surface area contributed by atoms with E-state index in [1.807, 2.05) is 12.4 Å². The van der Waals surface area contributed by atoms with Crippen LogP contribution in [0, 0.1) is 11.8 Å². The molecule has 0 saturated carbocycles. The number of nitrogens with one attached hydrogen (secondary N) is 2. The summed E-state index contributed by atoms with van der Waals surface area (Å²) in [4.78, 5) is 25.8. The molecule has 1 heterocycles. The van der Waals surface area contributed by atoms with E-state index in [-0.39, 0.29) is 11.6 Å². The van der Waals surface area contributed by atoms with E-state index < -0.39 is 29.9 Å². The van der Waals surface area contributed by atoms with Gasteiger partial charge in [-0.25, -0.2) is 14.3 Å². The molecule has 1 fully saturated rings. The first-order valence-corrected chi connectivity index (χ1v) is 8.24. The summed E-state index contributed by atoms with van der Waals surface area (Å²) in [5.74, 6) is 3.77. The lowest BCUT2D eigenvalue weighted by Crippen LogP contribution is -2.61. The summed E-state index contributed by atoms with van der Waals surface area (Å²) in [5, 5.41) is 20.5. The maximum Gasteiger partial charge on any atom is 0.269 e. The average molecular weight is 395 g/mol. The first-order valence-electron chi connectivity index (χ1n) is 8.24. The number of rotatable bonds is 5. The molecule has 0 aromatic heterocycles. The van der Waals surface area contributed by atoms with Crippen molar-refractivity contribution in [2.45, 2.75) is 31.0 Å². The van der Waals surface area contributed by atoms with E-state index in [1.165, 1.54) is 12.1 Å². The highest BCUT2D eigenvalue weighted by molar-refractivity contribution is 5.97. The predicted octanol–water partition coefficient (Wildman–Crippen LogP) is 0.774. The van der Waals surface area contributed by atoms with Crippen molar-refractivity contribution >= 4 is 11.8 Å². The van der Waals surface area contributed by atoms with Crippen molar-refractivity contribution in [3.8, 4) is 11.8 Å². The van der Waals surface area contributed by atoms with Crippen LogP contribution in [0.5, 0.6) is 0 Å². The average Bonchev–Trinajstić information content (AvgIpc) is 3.40. The summed E-state index contributed by atoms with van der Waals surface area (Å²) in [6.07, 6.45) is -3.33. The summed E-state index contributed by atoms with van der Waals surface area (Å²) in [6, 6.07) is 4.17. The Balaban J connectivity index is 0.00000190. The summed E-state index contributed by atoms with van der Waals surface area (Å²) in [7, 11) is 1.94. The maximum absolute atomic E-state index is 13.0. The highest BCUT2D eigenvalue weighted by atomic mass is 19.3. The van der Waals surface area contributed by atoms with Crippen LogP contribution in [0.15, 0.2) is 37.4 Å². The standard InChI is InChI=1S/C17H19F2N3O4.C2H4/c1-17(25,16(18)19)13(15(24)21-26)20-14(23)11-6-3-10(4-7-11)5-8-12-9-22(12)2;1-2/h3-4,6-7,12-13,16,25-26H,9H2,1-2H3,(H,20,23)(H,21,24);1-2H2/t12?,13-,17+,22?;/m1./s1. The lowest BCUT2D eigenvalue weighted by molar-refractivity contribution is -0.149. The molecule has 1 saturated heterocycles. The van der Waals surface area contributed by atoms with Gasteiger partial charge in [0, 0.05) is 17.7 Å². The van der Waals surface area contributed by atoms with Gasteiger partial charge in [-0.05, 0) is 38.2 Å². The summed E-state index contributed by atoms with van der Waals surface area (Å²) < 4.78 is 25.9. The number of amides is 2. The number of halogens is 2. The van der Waals surface area contributed by atoms with Gasteiger partial charge in [0.25, 0.3) is 18.2 Å². The molecule has 2 unspecified atom stereocenters. The Morgan fingerprint density at radius 1 is 1.32 bits per heavy atom. The van der Waals surface area contributed by atoms with Crippen LogP contribution in [0.25, 0.3) is 0 Å². The van der Waals surface area contributed by atoms with Crippen LogP contribution in [-0.4, -0.2) is 64.7 Å². The molecule has 2 rings (SSSR count). The molecule has 7 nitrogen and oxygen atoms in total. The summed E-state index contributed by atoms with van der Waals surface area (Å²) >= 11 is 0. The van der Waals surface area contributed by atoms with Gasteiger partial charge in [-0.1, -0.05) is 11.8 Å². The van der Waals surface area contributed by atoms with Gasteiger partial charge in [-0.2, -0.15) is 0 Å². The Kier molecular flexibility index (Phi) is 8.25. The minimum absolute atomic E-state index is 0.0832. The van der Waals surface area contributed by atoms with Crippen molar-refractivity contribution in [2.24, 2.45) is 0 Å². The molecule has 152 valence electrons. The largest absolute Gasteiger partial charge is 0.381 e. The van der Waals surface area contributed by atoms with E-state index in [9.17, 15) is 23.5 Å². The number of benzene rings is 1. The number of nitrogens with zero attached hydrogens (tertiary/aromatic N) is 1. The number of hydrogen-bond acceptors (Lipinski definition) is 5. The molecule has 0 spiro atoms. The van der Waals surface area contributed by atoms with Crippen molar-refractivity contribution in [2.75, 3.05) is 13.6 Å². The Morgan fingerprint density at radius 3 is 2.29 bits per heavy atom. The molecule has 0 aliphatic carbocycles. The third-order valence-electron chi connectivity index (χ3n) is 4.06. The number of carbonyl (C=O) groups is 2. The quantitative estimate of drug-likeness (QED) is 0.194. The van der Waals surface area contributed by atoms with Crippen LogP contribution >= 0.6 is 0 Å². The van der Waals surface area contributed by atoms with E-state index in [4.69, 9.17) is 5.21 Å². The smallest absolute Gasteiger partial charge is 0.269 e. The fourth-order valence-electron chi connectivity index (χ4n) is 2.14. The minimum Gasteiger partial charge on any atom is -0.381 e. The molecule has 1 aliphatic heterocycles. The van der Waals surface area contributed by atoms with Crippen LogP contribution in [-0.2, 0) is 4.79 Å². The first kappa shape index (κ1) is 23.2.